The van der Waals surface area contributed by atoms with Crippen LogP contribution in [0.25, 0.3) is 6.08 Å². The first-order valence-electron chi connectivity index (χ1n) is 4.95. The molecule has 0 amide bonds. The molecule has 0 fully saturated rings. The third-order valence-corrected chi connectivity index (χ3v) is 2.09. The Morgan fingerprint density at radius 3 is 3.06 bits per heavy atom. The number of carbonyl (C=O) groups is 1. The van der Waals surface area contributed by atoms with E-state index in [2.05, 4.69) is 0 Å². The van der Waals surface area contributed by atoms with E-state index >= 15 is 0 Å². The van der Waals surface area contributed by atoms with E-state index in [1.807, 2.05) is 24.3 Å². The Hall–Kier alpha value is -1.97. The zero-order valence-corrected chi connectivity index (χ0v) is 8.93. The molecule has 0 saturated carbocycles. The summed E-state index contributed by atoms with van der Waals surface area (Å²) in [7, 11) is 0. The molecule has 4 heteroatoms. The Morgan fingerprint density at radius 2 is 2.25 bits per heavy atom. The molecule has 1 heterocycles. The highest BCUT2D eigenvalue weighted by atomic mass is 16.7. The SMILES string of the molecule is CC(=O)OC/C=C/c1ccc2c(c1)OCO2. The fourth-order valence-electron chi connectivity index (χ4n) is 1.37. The number of esters is 1. The summed E-state index contributed by atoms with van der Waals surface area (Å²) < 4.78 is 15.2. The van der Waals surface area contributed by atoms with Gasteiger partial charge < -0.3 is 14.2 Å². The Balaban J connectivity index is 1.97. The quantitative estimate of drug-likeness (QED) is 0.731. The van der Waals surface area contributed by atoms with E-state index in [9.17, 15) is 4.79 Å². The summed E-state index contributed by atoms with van der Waals surface area (Å²) in [5, 5.41) is 0. The molecule has 0 aromatic heterocycles. The molecule has 0 bridgehead atoms. The molecule has 1 aliphatic heterocycles. The van der Waals surface area contributed by atoms with Crippen molar-refractivity contribution < 1.29 is 19.0 Å². The van der Waals surface area contributed by atoms with Crippen molar-refractivity contribution in [3.63, 3.8) is 0 Å². The van der Waals surface area contributed by atoms with E-state index in [1.54, 1.807) is 6.08 Å². The zero-order chi connectivity index (χ0) is 11.4. The lowest BCUT2D eigenvalue weighted by molar-refractivity contribution is -0.139. The van der Waals surface area contributed by atoms with Crippen molar-refractivity contribution in [3.8, 4) is 11.5 Å². The summed E-state index contributed by atoms with van der Waals surface area (Å²) in [5.41, 5.74) is 0.983. The normalized spacial score (nSPS) is 13.1. The molecule has 4 nitrogen and oxygen atoms in total. The molecular formula is C12H12O4. The van der Waals surface area contributed by atoms with Gasteiger partial charge in [0.05, 0.1) is 0 Å². The van der Waals surface area contributed by atoms with Crippen molar-refractivity contribution in [2.45, 2.75) is 6.92 Å². The summed E-state index contributed by atoms with van der Waals surface area (Å²) in [4.78, 5) is 10.5. The minimum Gasteiger partial charge on any atom is -0.462 e. The average Bonchev–Trinajstić information content (AvgIpc) is 2.71. The molecule has 1 aliphatic rings. The van der Waals surface area contributed by atoms with Crippen molar-refractivity contribution in [1.29, 1.82) is 0 Å². The Bertz CT molecular complexity index is 423. The van der Waals surface area contributed by atoms with E-state index in [1.165, 1.54) is 6.92 Å². The molecule has 0 N–H and O–H groups in total. The van der Waals surface area contributed by atoms with E-state index in [4.69, 9.17) is 14.2 Å². The second kappa shape index (κ2) is 4.70. The Labute approximate surface area is 93.4 Å². The van der Waals surface area contributed by atoms with Gasteiger partial charge >= 0.3 is 5.97 Å². The summed E-state index contributed by atoms with van der Waals surface area (Å²) in [6, 6.07) is 5.65. The predicted molar refractivity (Wildman–Crippen MR) is 58.2 cm³/mol. The molecule has 0 aliphatic carbocycles. The number of rotatable bonds is 3. The lowest BCUT2D eigenvalue weighted by Crippen LogP contribution is -1.97. The second-order valence-electron chi connectivity index (χ2n) is 3.32. The van der Waals surface area contributed by atoms with Gasteiger partial charge in [0.15, 0.2) is 11.5 Å². The lowest BCUT2D eigenvalue weighted by atomic mass is 10.2. The molecule has 0 spiro atoms. The van der Waals surface area contributed by atoms with Gasteiger partial charge in [-0.15, -0.1) is 0 Å². The van der Waals surface area contributed by atoms with Crippen LogP contribution in [0.4, 0.5) is 0 Å². The molecule has 1 aromatic rings. The Morgan fingerprint density at radius 1 is 1.44 bits per heavy atom. The van der Waals surface area contributed by atoms with Crippen LogP contribution in [-0.4, -0.2) is 19.4 Å². The third kappa shape index (κ3) is 2.53. The largest absolute Gasteiger partial charge is 0.462 e. The zero-order valence-electron chi connectivity index (χ0n) is 8.93. The van der Waals surface area contributed by atoms with Crippen LogP contribution < -0.4 is 9.47 Å². The maximum atomic E-state index is 10.5. The Kier molecular flexibility index (Phi) is 3.10. The predicted octanol–water partition coefficient (Wildman–Crippen LogP) is 1.99. The number of hydrogen-bond acceptors (Lipinski definition) is 4. The first-order valence-corrected chi connectivity index (χ1v) is 4.95. The highest BCUT2D eigenvalue weighted by Crippen LogP contribution is 2.32. The lowest BCUT2D eigenvalue weighted by Gasteiger charge is -1.98. The molecule has 0 atom stereocenters. The highest BCUT2D eigenvalue weighted by Gasteiger charge is 2.11. The van der Waals surface area contributed by atoms with Crippen molar-refractivity contribution in [2.75, 3.05) is 13.4 Å². The standard InChI is InChI=1S/C12H12O4/c1-9(13)14-6-2-3-10-4-5-11-12(7-10)16-8-15-11/h2-5,7H,6,8H2,1H3/b3-2+. The van der Waals surface area contributed by atoms with Crippen molar-refractivity contribution in [1.82, 2.24) is 0 Å². The van der Waals surface area contributed by atoms with Crippen molar-refractivity contribution in [3.05, 3.63) is 29.8 Å². The van der Waals surface area contributed by atoms with Crippen molar-refractivity contribution >= 4 is 12.0 Å². The van der Waals surface area contributed by atoms with Crippen LogP contribution in [0.15, 0.2) is 24.3 Å². The molecule has 2 rings (SSSR count). The van der Waals surface area contributed by atoms with E-state index in [0.717, 1.165) is 17.1 Å². The number of fused-ring (bicyclic) bond motifs is 1. The van der Waals surface area contributed by atoms with Gasteiger partial charge in [-0.2, -0.15) is 0 Å². The second-order valence-corrected chi connectivity index (χ2v) is 3.32. The van der Waals surface area contributed by atoms with Crippen LogP contribution in [0, 0.1) is 0 Å². The first-order chi connectivity index (χ1) is 7.75. The molecule has 16 heavy (non-hydrogen) atoms. The van der Waals surface area contributed by atoms with Crippen LogP contribution in [-0.2, 0) is 9.53 Å². The van der Waals surface area contributed by atoms with E-state index < -0.39 is 0 Å². The number of hydrogen-bond donors (Lipinski definition) is 0. The van der Waals surface area contributed by atoms with Crippen LogP contribution >= 0.6 is 0 Å². The molecular weight excluding hydrogens is 208 g/mol. The van der Waals surface area contributed by atoms with Gasteiger partial charge in [-0.3, -0.25) is 4.79 Å². The van der Waals surface area contributed by atoms with Gasteiger partial charge in [-0.25, -0.2) is 0 Å². The maximum Gasteiger partial charge on any atom is 0.302 e. The fraction of sp³-hybridized carbons (Fsp3) is 0.250. The number of carbonyl (C=O) groups excluding carboxylic acids is 1. The molecule has 0 saturated heterocycles. The number of ether oxygens (including phenoxy) is 3. The topological polar surface area (TPSA) is 44.8 Å². The van der Waals surface area contributed by atoms with Gasteiger partial charge in [0.25, 0.3) is 0 Å². The first kappa shape index (κ1) is 10.5. The number of benzene rings is 1. The molecule has 84 valence electrons. The van der Waals surface area contributed by atoms with Crippen LogP contribution in [0.1, 0.15) is 12.5 Å². The highest BCUT2D eigenvalue weighted by molar-refractivity contribution is 5.66. The van der Waals surface area contributed by atoms with Gasteiger partial charge in [0.2, 0.25) is 6.79 Å². The minimum absolute atomic E-state index is 0.274. The smallest absolute Gasteiger partial charge is 0.302 e. The van der Waals surface area contributed by atoms with Gasteiger partial charge in [-0.05, 0) is 23.8 Å². The summed E-state index contributed by atoms with van der Waals surface area (Å²) >= 11 is 0. The van der Waals surface area contributed by atoms with Crippen LogP contribution in [0.2, 0.25) is 0 Å². The fourth-order valence-corrected chi connectivity index (χ4v) is 1.37. The minimum atomic E-state index is -0.282. The van der Waals surface area contributed by atoms with Gasteiger partial charge in [0, 0.05) is 6.92 Å². The average molecular weight is 220 g/mol. The molecule has 1 aromatic carbocycles. The molecule has 0 radical (unpaired) electrons. The third-order valence-electron chi connectivity index (χ3n) is 2.09. The van der Waals surface area contributed by atoms with Gasteiger partial charge in [0.1, 0.15) is 6.61 Å². The van der Waals surface area contributed by atoms with E-state index in [-0.39, 0.29) is 19.4 Å². The van der Waals surface area contributed by atoms with E-state index in [0.29, 0.717) is 0 Å². The van der Waals surface area contributed by atoms with Gasteiger partial charge in [-0.1, -0.05) is 12.1 Å². The monoisotopic (exact) mass is 220 g/mol. The summed E-state index contributed by atoms with van der Waals surface area (Å²) in [5.74, 6) is 1.22. The van der Waals surface area contributed by atoms with Crippen LogP contribution in [0.5, 0.6) is 11.5 Å². The summed E-state index contributed by atoms with van der Waals surface area (Å²) in [6.07, 6.45) is 3.64. The summed E-state index contributed by atoms with van der Waals surface area (Å²) in [6.45, 7) is 1.94. The maximum absolute atomic E-state index is 10.5. The van der Waals surface area contributed by atoms with Crippen LogP contribution in [0.3, 0.4) is 0 Å². The van der Waals surface area contributed by atoms with Crippen molar-refractivity contribution in [2.24, 2.45) is 0 Å². The molecule has 0 unspecified atom stereocenters.